The number of carbonyl (C=O) groups excluding carboxylic acids is 1. The smallest absolute Gasteiger partial charge is 0.251 e. The SMILES string of the molecule is CCCCc1ccc(C(=O)NC)cc1.[HH]. The van der Waals surface area contributed by atoms with Crippen LogP contribution >= 0.6 is 0 Å². The van der Waals surface area contributed by atoms with Crippen LogP contribution in [0.3, 0.4) is 0 Å². The average molecular weight is 193 g/mol. The first-order valence-electron chi connectivity index (χ1n) is 5.09. The summed E-state index contributed by atoms with van der Waals surface area (Å²) in [6, 6.07) is 7.81. The maximum atomic E-state index is 11.2. The fourth-order valence-electron chi connectivity index (χ4n) is 1.35. The van der Waals surface area contributed by atoms with E-state index in [9.17, 15) is 4.79 Å². The van der Waals surface area contributed by atoms with E-state index < -0.39 is 0 Å². The van der Waals surface area contributed by atoms with Crippen molar-refractivity contribution >= 4 is 5.91 Å². The van der Waals surface area contributed by atoms with E-state index in [0.717, 1.165) is 12.0 Å². The lowest BCUT2D eigenvalue weighted by Crippen LogP contribution is -2.17. The van der Waals surface area contributed by atoms with Crippen LogP contribution in [0.1, 0.15) is 37.1 Å². The van der Waals surface area contributed by atoms with Crippen LogP contribution in [0.2, 0.25) is 0 Å². The van der Waals surface area contributed by atoms with Crippen LogP contribution < -0.4 is 5.32 Å². The summed E-state index contributed by atoms with van der Waals surface area (Å²) >= 11 is 0. The van der Waals surface area contributed by atoms with Gasteiger partial charge in [-0.05, 0) is 30.5 Å². The monoisotopic (exact) mass is 193 g/mol. The lowest BCUT2D eigenvalue weighted by molar-refractivity contribution is 0.0963. The Hall–Kier alpha value is -1.31. The molecule has 0 unspecified atom stereocenters. The lowest BCUT2D eigenvalue weighted by Gasteiger charge is -2.02. The summed E-state index contributed by atoms with van der Waals surface area (Å²) in [5.74, 6) is -0.0213. The normalized spacial score (nSPS) is 9.86. The molecule has 0 aliphatic carbocycles. The van der Waals surface area contributed by atoms with Crippen LogP contribution in [-0.4, -0.2) is 13.0 Å². The molecule has 0 heterocycles. The summed E-state index contributed by atoms with van der Waals surface area (Å²) in [7, 11) is 1.65. The number of nitrogens with one attached hydrogen (secondary N) is 1. The molecule has 0 aliphatic rings. The van der Waals surface area contributed by atoms with Crippen molar-refractivity contribution in [1.29, 1.82) is 0 Å². The number of aryl methyl sites for hydroxylation is 1. The Kier molecular flexibility index (Phi) is 4.17. The van der Waals surface area contributed by atoms with Crippen LogP contribution in [0.15, 0.2) is 24.3 Å². The minimum atomic E-state index is -0.0213. The zero-order valence-corrected chi connectivity index (χ0v) is 8.84. The standard InChI is InChI=1S/C12H17NO.H2/c1-3-4-5-10-6-8-11(9-7-10)12(14)13-2;/h6-9H,3-5H2,1-2H3,(H,13,14);1H. The topological polar surface area (TPSA) is 29.1 Å². The van der Waals surface area contributed by atoms with Gasteiger partial charge in [-0.1, -0.05) is 25.5 Å². The van der Waals surface area contributed by atoms with E-state index in [4.69, 9.17) is 0 Å². The Morgan fingerprint density at radius 3 is 2.50 bits per heavy atom. The minimum absolute atomic E-state index is 0. The molecule has 1 aromatic carbocycles. The van der Waals surface area contributed by atoms with Gasteiger partial charge in [-0.15, -0.1) is 0 Å². The Morgan fingerprint density at radius 2 is 2.00 bits per heavy atom. The second-order valence-electron chi connectivity index (χ2n) is 3.38. The van der Waals surface area contributed by atoms with Crippen molar-refractivity contribution in [3.63, 3.8) is 0 Å². The third-order valence-electron chi connectivity index (χ3n) is 2.26. The summed E-state index contributed by atoms with van der Waals surface area (Å²) in [5.41, 5.74) is 2.03. The maximum absolute atomic E-state index is 11.2. The maximum Gasteiger partial charge on any atom is 0.251 e. The molecule has 0 saturated heterocycles. The number of hydrogen-bond donors (Lipinski definition) is 1. The number of benzene rings is 1. The molecular formula is C12H19NO. The fourth-order valence-corrected chi connectivity index (χ4v) is 1.35. The predicted molar refractivity (Wildman–Crippen MR) is 60.6 cm³/mol. The largest absolute Gasteiger partial charge is 0.355 e. The van der Waals surface area contributed by atoms with Gasteiger partial charge >= 0.3 is 0 Å². The van der Waals surface area contributed by atoms with Gasteiger partial charge in [0.15, 0.2) is 0 Å². The molecule has 0 saturated carbocycles. The quantitative estimate of drug-likeness (QED) is 0.782. The number of carbonyl (C=O) groups is 1. The van der Waals surface area contributed by atoms with E-state index in [-0.39, 0.29) is 7.33 Å². The van der Waals surface area contributed by atoms with Crippen molar-refractivity contribution in [2.45, 2.75) is 26.2 Å². The van der Waals surface area contributed by atoms with E-state index in [0.29, 0.717) is 0 Å². The molecule has 0 fully saturated rings. The number of amides is 1. The molecule has 1 N–H and O–H groups in total. The Labute approximate surface area is 86.8 Å². The number of hydrogen-bond acceptors (Lipinski definition) is 1. The summed E-state index contributed by atoms with van der Waals surface area (Å²) in [5, 5.41) is 2.60. The second kappa shape index (κ2) is 5.43. The fraction of sp³-hybridized carbons (Fsp3) is 0.417. The van der Waals surface area contributed by atoms with Gasteiger partial charge in [0.2, 0.25) is 0 Å². The highest BCUT2D eigenvalue weighted by molar-refractivity contribution is 5.93. The Balaban J connectivity index is 0.00000196. The molecule has 1 amide bonds. The molecule has 1 aromatic rings. The highest BCUT2D eigenvalue weighted by Crippen LogP contribution is 2.07. The Morgan fingerprint density at radius 1 is 1.36 bits per heavy atom. The molecule has 0 aliphatic heterocycles. The van der Waals surface area contributed by atoms with Gasteiger partial charge in [-0.25, -0.2) is 0 Å². The molecule has 14 heavy (non-hydrogen) atoms. The first kappa shape index (κ1) is 10.8. The molecule has 0 radical (unpaired) electrons. The van der Waals surface area contributed by atoms with Crippen molar-refractivity contribution < 1.29 is 6.22 Å². The first-order valence-corrected chi connectivity index (χ1v) is 5.09. The van der Waals surface area contributed by atoms with Crippen LogP contribution in [-0.2, 0) is 6.42 Å². The summed E-state index contributed by atoms with van der Waals surface area (Å²) in [6.07, 6.45) is 3.51. The molecule has 0 atom stereocenters. The zero-order valence-electron chi connectivity index (χ0n) is 8.84. The van der Waals surface area contributed by atoms with E-state index in [1.54, 1.807) is 7.05 Å². The minimum Gasteiger partial charge on any atom is -0.355 e. The van der Waals surface area contributed by atoms with Crippen LogP contribution in [0.4, 0.5) is 0 Å². The molecule has 0 bridgehead atoms. The molecular weight excluding hydrogens is 174 g/mol. The van der Waals surface area contributed by atoms with Gasteiger partial charge in [0.25, 0.3) is 5.91 Å². The van der Waals surface area contributed by atoms with Crippen molar-refractivity contribution in [2.24, 2.45) is 0 Å². The van der Waals surface area contributed by atoms with Gasteiger partial charge in [-0.2, -0.15) is 0 Å². The van der Waals surface area contributed by atoms with Crippen molar-refractivity contribution in [1.82, 2.24) is 5.32 Å². The average Bonchev–Trinajstić information content (AvgIpc) is 2.26. The molecule has 78 valence electrons. The van der Waals surface area contributed by atoms with Crippen molar-refractivity contribution in [3.8, 4) is 0 Å². The van der Waals surface area contributed by atoms with Gasteiger partial charge in [-0.3, -0.25) is 4.79 Å². The first-order chi connectivity index (χ1) is 6.77. The Bertz CT molecular complexity index is 295. The predicted octanol–water partition coefficient (Wildman–Crippen LogP) is 2.63. The zero-order chi connectivity index (χ0) is 10.4. The molecule has 2 heteroatoms. The third kappa shape index (κ3) is 2.87. The van der Waals surface area contributed by atoms with Crippen LogP contribution in [0.5, 0.6) is 0 Å². The summed E-state index contributed by atoms with van der Waals surface area (Å²) in [4.78, 5) is 11.2. The van der Waals surface area contributed by atoms with E-state index in [1.165, 1.54) is 18.4 Å². The number of rotatable bonds is 4. The van der Waals surface area contributed by atoms with Crippen molar-refractivity contribution in [3.05, 3.63) is 35.4 Å². The second-order valence-corrected chi connectivity index (χ2v) is 3.38. The highest BCUT2D eigenvalue weighted by atomic mass is 16.1. The van der Waals surface area contributed by atoms with Gasteiger partial charge in [0.1, 0.15) is 0 Å². The molecule has 2 nitrogen and oxygen atoms in total. The van der Waals surface area contributed by atoms with Gasteiger partial charge in [0.05, 0.1) is 0 Å². The lowest BCUT2D eigenvalue weighted by atomic mass is 10.1. The number of unbranched alkanes of at least 4 members (excludes halogenated alkanes) is 1. The van der Waals surface area contributed by atoms with E-state index in [2.05, 4.69) is 12.2 Å². The van der Waals surface area contributed by atoms with Gasteiger partial charge in [0, 0.05) is 14.0 Å². The molecule has 1 rings (SSSR count). The summed E-state index contributed by atoms with van der Waals surface area (Å²) < 4.78 is 0. The van der Waals surface area contributed by atoms with E-state index in [1.807, 2.05) is 24.3 Å². The molecule has 0 aromatic heterocycles. The van der Waals surface area contributed by atoms with E-state index >= 15 is 0 Å². The van der Waals surface area contributed by atoms with Crippen LogP contribution in [0, 0.1) is 0 Å². The van der Waals surface area contributed by atoms with Crippen molar-refractivity contribution in [2.75, 3.05) is 7.05 Å². The third-order valence-corrected chi connectivity index (χ3v) is 2.26. The molecule has 0 spiro atoms. The summed E-state index contributed by atoms with van der Waals surface area (Å²) in [6.45, 7) is 2.18. The van der Waals surface area contributed by atoms with Crippen LogP contribution in [0.25, 0.3) is 0 Å². The highest BCUT2D eigenvalue weighted by Gasteiger charge is 2.01. The van der Waals surface area contributed by atoms with Gasteiger partial charge < -0.3 is 5.32 Å².